The summed E-state index contributed by atoms with van der Waals surface area (Å²) >= 11 is 0. The van der Waals surface area contributed by atoms with Crippen molar-refractivity contribution < 1.29 is 5.11 Å². The number of aromatic nitrogens is 2. The Hall–Kier alpha value is -1.36. The molecular formula is C14H26N4O. The molecule has 0 aliphatic rings. The van der Waals surface area contributed by atoms with Crippen molar-refractivity contribution in [2.24, 2.45) is 0 Å². The van der Waals surface area contributed by atoms with Crippen LogP contribution in [0.5, 0.6) is 0 Å². The van der Waals surface area contributed by atoms with Crippen LogP contribution in [0.3, 0.4) is 0 Å². The maximum atomic E-state index is 9.56. The Morgan fingerprint density at radius 2 is 1.84 bits per heavy atom. The lowest BCUT2D eigenvalue weighted by Gasteiger charge is -2.15. The Bertz CT molecular complexity index is 370. The van der Waals surface area contributed by atoms with Crippen molar-refractivity contribution in [2.75, 3.05) is 23.7 Å². The third-order valence-corrected chi connectivity index (χ3v) is 3.03. The molecule has 5 heteroatoms. The number of aliphatic hydroxyl groups excluding tert-OH is 1. The number of hydrogen-bond acceptors (Lipinski definition) is 5. The third kappa shape index (κ3) is 5.03. The molecule has 108 valence electrons. The highest BCUT2D eigenvalue weighted by Crippen LogP contribution is 2.21. The maximum Gasteiger partial charge on any atom is 0.134 e. The van der Waals surface area contributed by atoms with Crippen molar-refractivity contribution >= 4 is 11.6 Å². The first kappa shape index (κ1) is 15.7. The van der Waals surface area contributed by atoms with E-state index < -0.39 is 0 Å². The molecule has 3 N–H and O–H groups in total. The van der Waals surface area contributed by atoms with Gasteiger partial charge < -0.3 is 15.7 Å². The molecule has 1 aromatic heterocycles. The molecule has 1 heterocycles. The lowest BCUT2D eigenvalue weighted by Crippen LogP contribution is -2.15. The molecule has 0 aromatic carbocycles. The quantitative estimate of drug-likeness (QED) is 0.640. The van der Waals surface area contributed by atoms with Crippen molar-refractivity contribution in [3.63, 3.8) is 0 Å². The van der Waals surface area contributed by atoms with E-state index in [2.05, 4.69) is 34.4 Å². The second kappa shape index (κ2) is 8.69. The fourth-order valence-corrected chi connectivity index (χ4v) is 1.93. The minimum atomic E-state index is -0.239. The van der Waals surface area contributed by atoms with Crippen LogP contribution in [0.4, 0.5) is 11.6 Å². The van der Waals surface area contributed by atoms with Gasteiger partial charge in [0.1, 0.15) is 18.0 Å². The van der Waals surface area contributed by atoms with Gasteiger partial charge in [-0.05, 0) is 26.2 Å². The number of nitrogens with one attached hydrogen (secondary N) is 2. The highest BCUT2D eigenvalue weighted by molar-refractivity contribution is 5.57. The standard InChI is InChI=1S/C14H26N4O/c1-4-7-12-13(15-6-3)17-10-18-14(12)16-9-8-11(19)5-2/h10-11,19H,4-9H2,1-3H3,(H2,15,16,17,18). The summed E-state index contributed by atoms with van der Waals surface area (Å²) in [5, 5.41) is 16.1. The van der Waals surface area contributed by atoms with Crippen LogP contribution in [0.25, 0.3) is 0 Å². The molecule has 5 nitrogen and oxygen atoms in total. The van der Waals surface area contributed by atoms with E-state index in [-0.39, 0.29) is 6.10 Å². The molecule has 0 saturated carbocycles. The minimum Gasteiger partial charge on any atom is -0.393 e. The second-order valence-electron chi connectivity index (χ2n) is 4.61. The number of aliphatic hydroxyl groups is 1. The van der Waals surface area contributed by atoms with Crippen molar-refractivity contribution in [3.8, 4) is 0 Å². The topological polar surface area (TPSA) is 70.1 Å². The molecule has 0 aliphatic carbocycles. The monoisotopic (exact) mass is 266 g/mol. The van der Waals surface area contributed by atoms with E-state index in [0.29, 0.717) is 0 Å². The van der Waals surface area contributed by atoms with Crippen LogP contribution in [0.1, 0.15) is 45.6 Å². The lowest BCUT2D eigenvalue weighted by molar-refractivity contribution is 0.164. The average molecular weight is 266 g/mol. The van der Waals surface area contributed by atoms with Crippen molar-refractivity contribution in [1.29, 1.82) is 0 Å². The number of anilines is 2. The molecule has 1 aromatic rings. The summed E-state index contributed by atoms with van der Waals surface area (Å²) < 4.78 is 0. The van der Waals surface area contributed by atoms with Crippen molar-refractivity contribution in [3.05, 3.63) is 11.9 Å². The Kier molecular flexibility index (Phi) is 7.18. The highest BCUT2D eigenvalue weighted by Gasteiger charge is 2.10. The normalized spacial score (nSPS) is 12.2. The van der Waals surface area contributed by atoms with Crippen molar-refractivity contribution in [1.82, 2.24) is 9.97 Å². The largest absolute Gasteiger partial charge is 0.393 e. The van der Waals surface area contributed by atoms with Crippen LogP contribution in [0.2, 0.25) is 0 Å². The zero-order chi connectivity index (χ0) is 14.1. The number of nitrogens with zero attached hydrogens (tertiary/aromatic N) is 2. The Balaban J connectivity index is 2.72. The van der Waals surface area contributed by atoms with E-state index in [1.54, 1.807) is 6.33 Å². The summed E-state index contributed by atoms with van der Waals surface area (Å²) in [5.74, 6) is 1.80. The molecule has 1 unspecified atom stereocenters. The van der Waals surface area contributed by atoms with E-state index in [9.17, 15) is 5.11 Å². The van der Waals surface area contributed by atoms with Gasteiger partial charge in [0.2, 0.25) is 0 Å². The highest BCUT2D eigenvalue weighted by atomic mass is 16.3. The van der Waals surface area contributed by atoms with E-state index in [0.717, 1.165) is 56.0 Å². The van der Waals surface area contributed by atoms with E-state index in [4.69, 9.17) is 0 Å². The summed E-state index contributed by atoms with van der Waals surface area (Å²) in [6.07, 6.45) is 4.87. The van der Waals surface area contributed by atoms with Gasteiger partial charge in [-0.25, -0.2) is 9.97 Å². The van der Waals surface area contributed by atoms with Crippen LogP contribution >= 0.6 is 0 Å². The van der Waals surface area contributed by atoms with Crippen LogP contribution in [-0.4, -0.2) is 34.3 Å². The molecule has 0 amide bonds. The van der Waals surface area contributed by atoms with Gasteiger partial charge in [0.05, 0.1) is 6.10 Å². The summed E-state index contributed by atoms with van der Waals surface area (Å²) in [6.45, 7) is 7.77. The van der Waals surface area contributed by atoms with Crippen LogP contribution in [0.15, 0.2) is 6.33 Å². The Labute approximate surface area is 115 Å². The van der Waals surface area contributed by atoms with Crippen LogP contribution in [-0.2, 0) is 6.42 Å². The third-order valence-electron chi connectivity index (χ3n) is 3.03. The predicted octanol–water partition coefficient (Wildman–Crippen LogP) is 2.43. The molecule has 1 rings (SSSR count). The lowest BCUT2D eigenvalue weighted by atomic mass is 10.1. The molecule has 1 atom stereocenters. The Morgan fingerprint density at radius 1 is 1.16 bits per heavy atom. The molecule has 0 bridgehead atoms. The number of hydrogen-bond donors (Lipinski definition) is 3. The van der Waals surface area contributed by atoms with E-state index in [1.165, 1.54) is 0 Å². The van der Waals surface area contributed by atoms with Gasteiger partial charge in [0.25, 0.3) is 0 Å². The first-order chi connectivity index (χ1) is 9.22. The van der Waals surface area contributed by atoms with Crippen LogP contribution in [0, 0.1) is 0 Å². The van der Waals surface area contributed by atoms with Crippen LogP contribution < -0.4 is 10.6 Å². The first-order valence-electron chi connectivity index (χ1n) is 7.22. The molecule has 0 fully saturated rings. The first-order valence-corrected chi connectivity index (χ1v) is 7.22. The van der Waals surface area contributed by atoms with Gasteiger partial charge in [0, 0.05) is 18.7 Å². The summed E-state index contributed by atoms with van der Waals surface area (Å²) in [6, 6.07) is 0. The van der Waals surface area contributed by atoms with Gasteiger partial charge in [0.15, 0.2) is 0 Å². The fraction of sp³-hybridized carbons (Fsp3) is 0.714. The smallest absolute Gasteiger partial charge is 0.134 e. The zero-order valence-corrected chi connectivity index (χ0v) is 12.2. The maximum absolute atomic E-state index is 9.56. The van der Waals surface area contributed by atoms with Gasteiger partial charge in [-0.3, -0.25) is 0 Å². The fourth-order valence-electron chi connectivity index (χ4n) is 1.93. The SMILES string of the molecule is CCCc1c(NCC)ncnc1NCCC(O)CC. The van der Waals surface area contributed by atoms with Gasteiger partial charge in [-0.2, -0.15) is 0 Å². The van der Waals surface area contributed by atoms with Gasteiger partial charge >= 0.3 is 0 Å². The summed E-state index contributed by atoms with van der Waals surface area (Å²) in [7, 11) is 0. The Morgan fingerprint density at radius 3 is 2.42 bits per heavy atom. The summed E-state index contributed by atoms with van der Waals surface area (Å²) in [5.41, 5.74) is 1.14. The molecular weight excluding hydrogens is 240 g/mol. The van der Waals surface area contributed by atoms with E-state index in [1.807, 2.05) is 6.92 Å². The zero-order valence-electron chi connectivity index (χ0n) is 12.2. The molecule has 0 spiro atoms. The number of rotatable bonds is 9. The average Bonchev–Trinajstić information content (AvgIpc) is 2.42. The molecule has 19 heavy (non-hydrogen) atoms. The van der Waals surface area contributed by atoms with E-state index >= 15 is 0 Å². The van der Waals surface area contributed by atoms with Gasteiger partial charge in [-0.15, -0.1) is 0 Å². The second-order valence-corrected chi connectivity index (χ2v) is 4.61. The molecule has 0 saturated heterocycles. The van der Waals surface area contributed by atoms with Gasteiger partial charge in [-0.1, -0.05) is 20.3 Å². The van der Waals surface area contributed by atoms with Crippen molar-refractivity contribution in [2.45, 2.75) is 52.6 Å². The predicted molar refractivity (Wildman–Crippen MR) is 79.6 cm³/mol. The molecule has 0 radical (unpaired) electrons. The minimum absolute atomic E-state index is 0.239. The molecule has 0 aliphatic heterocycles. The summed E-state index contributed by atoms with van der Waals surface area (Å²) in [4.78, 5) is 8.61.